The van der Waals surface area contributed by atoms with E-state index < -0.39 is 5.91 Å². The maximum absolute atomic E-state index is 12.3. The Morgan fingerprint density at radius 3 is 2.50 bits per heavy atom. The van der Waals surface area contributed by atoms with Crippen LogP contribution < -0.4 is 10.5 Å². The van der Waals surface area contributed by atoms with E-state index in [0.717, 1.165) is 55.2 Å². The van der Waals surface area contributed by atoms with Crippen LogP contribution in [0.3, 0.4) is 0 Å². The predicted octanol–water partition coefficient (Wildman–Crippen LogP) is 4.41. The number of nitrogens with zero attached hydrogens (tertiary/aromatic N) is 3. The molecule has 30 heavy (non-hydrogen) atoms. The lowest BCUT2D eigenvalue weighted by molar-refractivity contribution is 0.0992. The number of imidazole rings is 1. The zero-order valence-corrected chi connectivity index (χ0v) is 16.7. The molecule has 1 amide bonds. The van der Waals surface area contributed by atoms with Crippen LogP contribution in [0.5, 0.6) is 11.5 Å². The molecule has 2 aliphatic heterocycles. The summed E-state index contributed by atoms with van der Waals surface area (Å²) in [5, 5.41) is 0. The summed E-state index contributed by atoms with van der Waals surface area (Å²) in [7, 11) is 0. The summed E-state index contributed by atoms with van der Waals surface area (Å²) in [4.78, 5) is 21.6. The molecule has 0 fully saturated rings. The molecule has 2 unspecified atom stereocenters. The highest BCUT2D eigenvalue weighted by Gasteiger charge is 2.36. The van der Waals surface area contributed by atoms with Crippen LogP contribution in [-0.2, 0) is 6.54 Å². The van der Waals surface area contributed by atoms with Crippen LogP contribution >= 0.6 is 0 Å². The molecule has 2 N–H and O–H groups in total. The van der Waals surface area contributed by atoms with E-state index in [1.54, 1.807) is 0 Å². The van der Waals surface area contributed by atoms with Gasteiger partial charge in [-0.2, -0.15) is 0 Å². The first kappa shape index (κ1) is 18.6. The highest BCUT2D eigenvalue weighted by molar-refractivity contribution is 5.97. The average Bonchev–Trinajstić information content (AvgIpc) is 3.35. The second-order valence-corrected chi connectivity index (χ2v) is 7.89. The number of amides is 1. The molecule has 0 spiro atoms. The fraction of sp³-hybridized carbons (Fsp3) is 0.292. The van der Waals surface area contributed by atoms with Crippen LogP contribution in [0.2, 0.25) is 0 Å². The molecule has 6 nitrogen and oxygen atoms in total. The molecule has 1 aromatic heterocycles. The Kier molecular flexibility index (Phi) is 4.83. The van der Waals surface area contributed by atoms with Gasteiger partial charge in [-0.1, -0.05) is 18.2 Å². The Balaban J connectivity index is 1.46. The lowest BCUT2D eigenvalue weighted by Crippen LogP contribution is -2.17. The number of hydrogen-bond acceptors (Lipinski definition) is 4. The molecule has 6 heteroatoms. The van der Waals surface area contributed by atoms with Crippen LogP contribution in [0.15, 0.2) is 59.6 Å². The van der Waals surface area contributed by atoms with Gasteiger partial charge in [0.1, 0.15) is 28.7 Å². The minimum Gasteiger partial charge on any atom is -0.457 e. The molecule has 3 aromatic rings. The van der Waals surface area contributed by atoms with Crippen molar-refractivity contribution < 1.29 is 9.53 Å². The van der Waals surface area contributed by atoms with Gasteiger partial charge in [0, 0.05) is 24.6 Å². The predicted molar refractivity (Wildman–Crippen MR) is 116 cm³/mol. The molecule has 2 atom stereocenters. The van der Waals surface area contributed by atoms with Crippen LogP contribution in [-0.4, -0.2) is 28.2 Å². The summed E-state index contributed by atoms with van der Waals surface area (Å²) in [5.74, 6) is 2.95. The number of aliphatic imine (C=N–C) groups is 1. The molecule has 2 aromatic carbocycles. The second-order valence-electron chi connectivity index (χ2n) is 7.89. The van der Waals surface area contributed by atoms with E-state index in [1.807, 2.05) is 65.4 Å². The van der Waals surface area contributed by atoms with Gasteiger partial charge >= 0.3 is 0 Å². The lowest BCUT2D eigenvalue weighted by atomic mass is 9.84. The van der Waals surface area contributed by atoms with Gasteiger partial charge < -0.3 is 15.0 Å². The van der Waals surface area contributed by atoms with Crippen LogP contribution in [0, 0.1) is 5.92 Å². The molecule has 0 aliphatic carbocycles. The van der Waals surface area contributed by atoms with Crippen molar-refractivity contribution >= 4 is 12.1 Å². The first-order valence-electron chi connectivity index (χ1n) is 10.4. The number of nitrogens with two attached hydrogens (primary N) is 1. The average molecular weight is 400 g/mol. The van der Waals surface area contributed by atoms with Crippen molar-refractivity contribution in [2.45, 2.75) is 31.7 Å². The SMILES string of the molecule is NC(=O)c1c(-c2ccc(Oc3ccccc3)cc2)nc2n1CCC2C1CC=NCC1. The van der Waals surface area contributed by atoms with E-state index in [4.69, 9.17) is 15.5 Å². The molecule has 0 bridgehead atoms. The minimum absolute atomic E-state index is 0.351. The number of rotatable bonds is 5. The Hall–Kier alpha value is -3.41. The van der Waals surface area contributed by atoms with E-state index in [-0.39, 0.29) is 0 Å². The lowest BCUT2D eigenvalue weighted by Gasteiger charge is -2.22. The summed E-state index contributed by atoms with van der Waals surface area (Å²) in [6.07, 6.45) is 5.08. The highest BCUT2D eigenvalue weighted by atomic mass is 16.5. The fourth-order valence-electron chi connectivity index (χ4n) is 4.60. The Morgan fingerprint density at radius 1 is 1.03 bits per heavy atom. The normalized spacial score (nSPS) is 20.1. The molecule has 2 aliphatic rings. The van der Waals surface area contributed by atoms with Gasteiger partial charge in [0.25, 0.3) is 5.91 Å². The van der Waals surface area contributed by atoms with Gasteiger partial charge in [0.2, 0.25) is 0 Å². The number of fused-ring (bicyclic) bond motifs is 1. The van der Waals surface area contributed by atoms with E-state index in [0.29, 0.717) is 23.2 Å². The third-order valence-corrected chi connectivity index (χ3v) is 6.07. The molecule has 3 heterocycles. The van der Waals surface area contributed by atoms with Gasteiger partial charge in [-0.05, 0) is 67.8 Å². The second kappa shape index (κ2) is 7.78. The number of benzene rings is 2. The zero-order valence-electron chi connectivity index (χ0n) is 16.7. The van der Waals surface area contributed by atoms with Crippen molar-refractivity contribution in [1.29, 1.82) is 0 Å². The Labute approximate surface area is 175 Å². The molecule has 5 rings (SSSR count). The Morgan fingerprint density at radius 2 is 1.80 bits per heavy atom. The van der Waals surface area contributed by atoms with Crippen molar-refractivity contribution in [3.8, 4) is 22.8 Å². The van der Waals surface area contributed by atoms with Crippen molar-refractivity contribution in [1.82, 2.24) is 9.55 Å². The number of carbonyl (C=O) groups is 1. The van der Waals surface area contributed by atoms with E-state index in [1.165, 1.54) is 0 Å². The van der Waals surface area contributed by atoms with Gasteiger partial charge in [0.15, 0.2) is 0 Å². The third-order valence-electron chi connectivity index (χ3n) is 6.07. The van der Waals surface area contributed by atoms with Crippen molar-refractivity contribution in [2.75, 3.05) is 6.54 Å². The maximum Gasteiger partial charge on any atom is 0.267 e. The number of carbonyl (C=O) groups excluding carboxylic acids is 1. The summed E-state index contributed by atoms with van der Waals surface area (Å²) in [5.41, 5.74) is 7.82. The molecular weight excluding hydrogens is 376 g/mol. The van der Waals surface area contributed by atoms with Crippen LogP contribution in [0.1, 0.15) is 41.5 Å². The monoisotopic (exact) mass is 400 g/mol. The maximum atomic E-state index is 12.3. The van der Waals surface area contributed by atoms with Crippen molar-refractivity contribution in [3.05, 3.63) is 66.1 Å². The third kappa shape index (κ3) is 3.38. The van der Waals surface area contributed by atoms with Crippen molar-refractivity contribution in [3.63, 3.8) is 0 Å². The number of primary amides is 1. The molecule has 0 saturated heterocycles. The summed E-state index contributed by atoms with van der Waals surface area (Å²) < 4.78 is 7.91. The first-order chi connectivity index (χ1) is 14.7. The number of ether oxygens (including phenoxy) is 1. The van der Waals surface area contributed by atoms with E-state index in [9.17, 15) is 4.79 Å². The molecular formula is C24H24N4O2. The van der Waals surface area contributed by atoms with Gasteiger partial charge in [-0.15, -0.1) is 0 Å². The van der Waals surface area contributed by atoms with E-state index in [2.05, 4.69) is 4.99 Å². The van der Waals surface area contributed by atoms with Crippen LogP contribution in [0.25, 0.3) is 11.3 Å². The topological polar surface area (TPSA) is 82.5 Å². The number of aromatic nitrogens is 2. The molecule has 152 valence electrons. The molecule has 0 radical (unpaired) electrons. The fourth-order valence-corrected chi connectivity index (χ4v) is 4.60. The smallest absolute Gasteiger partial charge is 0.267 e. The van der Waals surface area contributed by atoms with Gasteiger partial charge in [-0.25, -0.2) is 4.98 Å². The first-order valence-corrected chi connectivity index (χ1v) is 10.4. The zero-order chi connectivity index (χ0) is 20.5. The standard InChI is InChI=1S/C24H24N4O2/c25-23(29)22-21(17-6-8-19(9-7-17)30-18-4-2-1-3-5-18)27-24-20(12-15-28(22)24)16-10-13-26-14-11-16/h1-9,13,16,20H,10-12,14-15H2,(H2,25,29). The summed E-state index contributed by atoms with van der Waals surface area (Å²) in [6.45, 7) is 1.66. The summed E-state index contributed by atoms with van der Waals surface area (Å²) in [6, 6.07) is 17.3. The quantitative estimate of drug-likeness (QED) is 0.689. The minimum atomic E-state index is -0.431. The van der Waals surface area contributed by atoms with Gasteiger partial charge in [-0.3, -0.25) is 9.79 Å². The summed E-state index contributed by atoms with van der Waals surface area (Å²) >= 11 is 0. The van der Waals surface area contributed by atoms with Crippen LogP contribution in [0.4, 0.5) is 0 Å². The Bertz CT molecular complexity index is 1090. The number of hydrogen-bond donors (Lipinski definition) is 1. The van der Waals surface area contributed by atoms with Crippen molar-refractivity contribution in [2.24, 2.45) is 16.6 Å². The highest BCUT2D eigenvalue weighted by Crippen LogP contribution is 2.41. The number of para-hydroxylation sites is 1. The molecule has 0 saturated carbocycles. The van der Waals surface area contributed by atoms with E-state index >= 15 is 0 Å². The largest absolute Gasteiger partial charge is 0.457 e. The van der Waals surface area contributed by atoms with Gasteiger partial charge in [0.05, 0.1) is 0 Å².